The zero-order valence-corrected chi connectivity index (χ0v) is 53.9. The number of rotatable bonds is 36. The van der Waals surface area contributed by atoms with E-state index in [1.54, 1.807) is 83.8 Å². The maximum atomic E-state index is 12.9. The molecule has 5 aromatic carbocycles. The van der Waals surface area contributed by atoms with Gasteiger partial charge in [0.2, 0.25) is 0 Å². The average Bonchev–Trinajstić information content (AvgIpc) is 0.811. The number of hydrogen-bond donors (Lipinski definition) is 0. The largest absolute Gasteiger partial charge is 0.497 e. The summed E-state index contributed by atoms with van der Waals surface area (Å²) in [7, 11) is 16.1. The van der Waals surface area contributed by atoms with Gasteiger partial charge in [-0.05, 0) is 83.6 Å². The van der Waals surface area contributed by atoms with Crippen LogP contribution < -0.4 is 33.2 Å². The summed E-state index contributed by atoms with van der Waals surface area (Å²) >= 11 is 0. The predicted octanol–water partition coefficient (Wildman–Crippen LogP) is 9.74. The molecule has 21 nitrogen and oxygen atoms in total. The highest BCUT2D eigenvalue weighted by Gasteiger charge is 2.38. The fraction of sp³-hybridized carbons (Fsp3) is 0.371. The summed E-state index contributed by atoms with van der Waals surface area (Å²) in [5.74, 6) is 1.37. The summed E-state index contributed by atoms with van der Waals surface area (Å²) < 4.78 is 68.2. The molecule has 91 heavy (non-hydrogen) atoms. The first-order chi connectivity index (χ1) is 44.2. The van der Waals surface area contributed by atoms with Crippen molar-refractivity contribution in [1.82, 2.24) is 24.7 Å². The molecule has 7 rings (SSSR count). The number of ether oxygens (including phenoxy) is 12. The van der Waals surface area contributed by atoms with Crippen molar-refractivity contribution >= 4 is 23.9 Å². The van der Waals surface area contributed by atoms with E-state index >= 15 is 0 Å². The van der Waals surface area contributed by atoms with Crippen LogP contribution in [0.25, 0.3) is 22.3 Å². The van der Waals surface area contributed by atoms with Crippen LogP contribution in [0.15, 0.2) is 133 Å². The van der Waals surface area contributed by atoms with Crippen molar-refractivity contribution < 1.29 is 76.0 Å². The third-order valence-electron chi connectivity index (χ3n) is 15.3. The van der Waals surface area contributed by atoms with E-state index in [9.17, 15) is 19.2 Å². The highest BCUT2D eigenvalue weighted by Crippen LogP contribution is 2.45. The van der Waals surface area contributed by atoms with Crippen LogP contribution in [0.4, 0.5) is 0 Å². The van der Waals surface area contributed by atoms with Gasteiger partial charge in [0.1, 0.15) is 45.8 Å². The Balaban J connectivity index is 1.31. The van der Waals surface area contributed by atoms with Gasteiger partial charge >= 0.3 is 23.9 Å². The van der Waals surface area contributed by atoms with Crippen molar-refractivity contribution in [3.8, 4) is 62.5 Å². The SMILES string of the molecule is COC(=O)CN(CC(=O)OC)Cc1cc(-c2c(OC)cc(OC)cc2OC)cc(CN(CCCCCCOC(c2ccccc2)(c2ccccc2)c2ccc(OC)cc2)Cc2cc(-c3c(OC)cc(OC)cc3OC)cc(CN(CC(=O)OC)CC(=O)OC)n2)n1. The van der Waals surface area contributed by atoms with Crippen molar-refractivity contribution in [1.29, 1.82) is 0 Å². The van der Waals surface area contributed by atoms with E-state index in [2.05, 4.69) is 41.3 Å². The molecule has 0 bridgehead atoms. The van der Waals surface area contributed by atoms with Crippen LogP contribution >= 0.6 is 0 Å². The van der Waals surface area contributed by atoms with Gasteiger partial charge in [0, 0.05) is 57.1 Å². The van der Waals surface area contributed by atoms with Crippen LogP contribution in [0, 0.1) is 0 Å². The zero-order chi connectivity index (χ0) is 65.3. The van der Waals surface area contributed by atoms with Gasteiger partial charge in [-0.2, -0.15) is 0 Å². The molecule has 0 amide bonds. The Hall–Kier alpha value is -9.28. The summed E-state index contributed by atoms with van der Waals surface area (Å²) in [6.45, 7) is 0.648. The highest BCUT2D eigenvalue weighted by molar-refractivity contribution is 5.80. The molecule has 0 unspecified atom stereocenters. The lowest BCUT2D eigenvalue weighted by molar-refractivity contribution is -0.147. The topological polar surface area (TPSA) is 215 Å². The van der Waals surface area contributed by atoms with Crippen LogP contribution in [-0.4, -0.2) is 166 Å². The minimum absolute atomic E-state index is 0.0360. The van der Waals surface area contributed by atoms with Gasteiger partial charge in [0.25, 0.3) is 0 Å². The summed E-state index contributed by atoms with van der Waals surface area (Å²) in [6, 6.07) is 43.2. The van der Waals surface area contributed by atoms with Gasteiger partial charge < -0.3 is 56.8 Å². The third-order valence-corrected chi connectivity index (χ3v) is 15.3. The molecular formula is C70H83N5O16. The molecule has 7 aromatic rings. The van der Waals surface area contributed by atoms with Gasteiger partial charge in [0.15, 0.2) is 0 Å². The lowest BCUT2D eigenvalue weighted by Crippen LogP contribution is -2.35. The molecule has 0 atom stereocenters. The van der Waals surface area contributed by atoms with E-state index in [0.29, 0.717) is 92.7 Å². The molecule has 21 heteroatoms. The van der Waals surface area contributed by atoms with Crippen LogP contribution in [-0.2, 0) is 74.6 Å². The van der Waals surface area contributed by atoms with E-state index in [0.717, 1.165) is 48.1 Å². The van der Waals surface area contributed by atoms with Gasteiger partial charge in [-0.3, -0.25) is 43.8 Å². The quantitative estimate of drug-likeness (QED) is 0.0155. The van der Waals surface area contributed by atoms with Crippen molar-refractivity contribution in [3.05, 3.63) is 173 Å². The van der Waals surface area contributed by atoms with Gasteiger partial charge in [0.05, 0.1) is 138 Å². The smallest absolute Gasteiger partial charge is 0.319 e. The molecule has 0 saturated heterocycles. The minimum atomic E-state index is -0.919. The Morgan fingerprint density at radius 3 is 1.02 bits per heavy atom. The van der Waals surface area contributed by atoms with E-state index < -0.39 is 29.5 Å². The van der Waals surface area contributed by atoms with E-state index in [4.69, 9.17) is 66.8 Å². The second-order valence-electron chi connectivity index (χ2n) is 21.2. The first-order valence-electron chi connectivity index (χ1n) is 29.6. The molecule has 0 radical (unpaired) electrons. The van der Waals surface area contributed by atoms with Gasteiger partial charge in [-0.15, -0.1) is 0 Å². The number of esters is 4. The maximum Gasteiger partial charge on any atom is 0.319 e. The molecule has 0 N–H and O–H groups in total. The molecule has 0 aliphatic carbocycles. The third kappa shape index (κ3) is 18.7. The van der Waals surface area contributed by atoms with Crippen LogP contribution in [0.2, 0.25) is 0 Å². The fourth-order valence-electron chi connectivity index (χ4n) is 10.9. The first kappa shape index (κ1) is 69.2. The molecule has 0 saturated carbocycles. The number of hydrogen-bond acceptors (Lipinski definition) is 21. The monoisotopic (exact) mass is 1250 g/mol. The second kappa shape index (κ2) is 34.6. The van der Waals surface area contributed by atoms with Crippen LogP contribution in [0.3, 0.4) is 0 Å². The number of pyridine rings is 2. The first-order valence-corrected chi connectivity index (χ1v) is 29.6. The average molecular weight is 1250 g/mol. The molecule has 2 heterocycles. The normalized spacial score (nSPS) is 11.3. The molecule has 0 aliphatic rings. The standard InChI is InChI=1S/C70H83N5O16/c1-80-57-28-26-52(27-29-57)70(50-22-16-14-17-23-50,51-24-18-15-19-25-51)91-31-21-13-12-20-30-73(40-53-32-48(68-60(83-4)36-58(81-2)37-61(68)84-5)34-55(71-53)42-74(44-64(76)87-8)45-65(77)88-9)41-54-33-49(69-62(85-6)38-59(82-3)39-63(69)86-7)35-56(72-54)43-75(46-66(78)89-10)47-67(79)90-11/h14-19,22-29,32-39H,12-13,20-21,30-31,40-47H2,1-11H3. The number of aromatic nitrogens is 2. The van der Waals surface area contributed by atoms with Crippen molar-refractivity contribution in [2.75, 3.05) is 118 Å². The van der Waals surface area contributed by atoms with Crippen LogP contribution in [0.5, 0.6) is 40.2 Å². The maximum absolute atomic E-state index is 12.9. The predicted molar refractivity (Wildman–Crippen MR) is 342 cm³/mol. The number of nitrogens with zero attached hydrogens (tertiary/aromatic N) is 5. The second-order valence-corrected chi connectivity index (χ2v) is 21.2. The molecular weight excluding hydrogens is 1170 g/mol. The Kier molecular flexibility index (Phi) is 26.3. The Morgan fingerprint density at radius 1 is 0.363 bits per heavy atom. The molecule has 0 spiro atoms. The number of carbonyl (C=O) groups is 4. The van der Waals surface area contributed by atoms with Gasteiger partial charge in [-0.1, -0.05) is 85.6 Å². The number of methoxy groups -OCH3 is 11. The molecule has 0 aliphatic heterocycles. The summed E-state index contributed by atoms with van der Waals surface area (Å²) in [5.41, 5.74) is 6.84. The highest BCUT2D eigenvalue weighted by atomic mass is 16.5. The lowest BCUT2D eigenvalue weighted by atomic mass is 9.80. The lowest BCUT2D eigenvalue weighted by Gasteiger charge is -2.36. The summed E-state index contributed by atoms with van der Waals surface area (Å²) in [4.78, 5) is 67.4. The summed E-state index contributed by atoms with van der Waals surface area (Å²) in [6.07, 6.45) is 3.12. The van der Waals surface area contributed by atoms with E-state index in [-0.39, 0.29) is 52.4 Å². The van der Waals surface area contributed by atoms with Gasteiger partial charge in [-0.25, -0.2) is 0 Å². The van der Waals surface area contributed by atoms with Crippen molar-refractivity contribution in [2.24, 2.45) is 0 Å². The molecule has 484 valence electrons. The number of unbranched alkanes of at least 4 members (excludes halogenated alkanes) is 3. The van der Waals surface area contributed by atoms with E-state index in [1.165, 1.54) is 28.4 Å². The Labute approximate surface area is 532 Å². The van der Waals surface area contributed by atoms with Crippen LogP contribution in [0.1, 0.15) is 65.1 Å². The minimum Gasteiger partial charge on any atom is -0.497 e. The zero-order valence-electron chi connectivity index (χ0n) is 53.9. The Morgan fingerprint density at radius 2 is 0.692 bits per heavy atom. The molecule has 0 fully saturated rings. The number of benzene rings is 5. The molecule has 2 aromatic heterocycles. The fourth-order valence-corrected chi connectivity index (χ4v) is 10.9. The van der Waals surface area contributed by atoms with Crippen molar-refractivity contribution in [3.63, 3.8) is 0 Å². The van der Waals surface area contributed by atoms with Crippen molar-refractivity contribution in [2.45, 2.75) is 57.5 Å². The Bertz CT molecular complexity index is 3220. The summed E-state index contributed by atoms with van der Waals surface area (Å²) in [5, 5.41) is 0. The number of carbonyl (C=O) groups excluding carboxylic acids is 4. The van der Waals surface area contributed by atoms with E-state index in [1.807, 2.05) is 72.8 Å².